The Morgan fingerprint density at radius 1 is 0.366 bits per heavy atom. The quantitative estimate of drug-likeness (QED) is 0.0423. The van der Waals surface area contributed by atoms with E-state index in [4.69, 9.17) is 64.0 Å². The summed E-state index contributed by atoms with van der Waals surface area (Å²) in [5.74, 6) is 3.99. The van der Waals surface area contributed by atoms with Crippen molar-refractivity contribution in [3.05, 3.63) is 279 Å². The van der Waals surface area contributed by atoms with Gasteiger partial charge < -0.3 is 44.1 Å². The van der Waals surface area contributed by atoms with Gasteiger partial charge in [-0.15, -0.1) is 129 Å². The third-order valence-electron chi connectivity index (χ3n) is 17.8. The fourth-order valence-electron chi connectivity index (χ4n) is 12.3. The van der Waals surface area contributed by atoms with E-state index in [9.17, 15) is 19.2 Å². The normalized spacial score (nSPS) is 10.9. The molecule has 0 saturated heterocycles. The molecule has 12 rings (SSSR count). The summed E-state index contributed by atoms with van der Waals surface area (Å²) in [6.45, 7) is 39.5. The van der Waals surface area contributed by atoms with Crippen molar-refractivity contribution in [1.82, 2.24) is 19.9 Å². The molecule has 21 heteroatoms. The van der Waals surface area contributed by atoms with Crippen LogP contribution in [0.2, 0.25) is 0 Å². The molecule has 0 fully saturated rings. The van der Waals surface area contributed by atoms with Crippen LogP contribution in [-0.2, 0) is 123 Å². The Labute approximate surface area is 781 Å². The zero-order valence-electron chi connectivity index (χ0n) is 75.3. The number of aliphatic hydroxyl groups excluding tert-OH is 4. The number of hydrogen-bond acceptors (Lipinski definition) is 17. The van der Waals surface area contributed by atoms with Gasteiger partial charge in [-0.2, -0.15) is 0 Å². The van der Waals surface area contributed by atoms with Crippen LogP contribution in [0.3, 0.4) is 0 Å². The van der Waals surface area contributed by atoms with Crippen LogP contribution in [-0.4, -0.2) is 99.0 Å². The summed E-state index contributed by atoms with van der Waals surface area (Å²) in [5.41, 5.74) is 22.9. The smallest absolute Gasteiger partial charge is 0.155 e. The molecule has 0 aliphatic carbocycles. The predicted molar refractivity (Wildman–Crippen MR) is 485 cm³/mol. The van der Waals surface area contributed by atoms with E-state index in [2.05, 4.69) is 168 Å². The summed E-state index contributed by atoms with van der Waals surface area (Å²) in [6, 6.07) is 66.9. The maximum Gasteiger partial charge on any atom is 0.155 e. The molecule has 0 aliphatic rings. The first-order valence-corrected chi connectivity index (χ1v) is 39.0. The SMILES string of the molecule is CC(=O)C=C(C)O.CC(=O)C=C(C)O.CC(=O)C=C(C)O.CC(=O)C=C(C)O.CCc1cc2cc(OC)ccc2nc1-c1[c-]cc(C)cc1C.CCc1cc2cc(OC)ccc2nc1-c1[c-]ccc(C)c1.COc1cc(C)[c-]c(-c2nc3ccc(OC)cc3cc2C)c1.COc1ccc2nc(-c3[c-]ccc(C(C)(C)C)c3)c(C(C)(C)C)cc2c1.[Ir].[Ir].[Ir].[Ir]. The summed E-state index contributed by atoms with van der Waals surface area (Å²) in [4.78, 5) is 59.6. The Morgan fingerprint density at radius 2 is 0.732 bits per heavy atom. The summed E-state index contributed by atoms with van der Waals surface area (Å²) in [5, 5.41) is 37.9. The molecular weight excluding hydrogens is 2260 g/mol. The molecule has 662 valence electrons. The first-order chi connectivity index (χ1) is 56.0. The number of rotatable bonds is 15. The number of allylic oxidation sites excluding steroid dienone is 8. The van der Waals surface area contributed by atoms with Crippen molar-refractivity contribution >= 4 is 66.7 Å². The monoisotopic (exact) mass is 2380 g/mol. The molecular formula is C102H116Ir4N4O13-4. The van der Waals surface area contributed by atoms with Crippen molar-refractivity contribution in [2.45, 2.75) is 169 Å². The maximum absolute atomic E-state index is 10.0. The second-order valence-electron chi connectivity index (χ2n) is 30.7. The van der Waals surface area contributed by atoms with Crippen LogP contribution in [0.4, 0.5) is 0 Å². The van der Waals surface area contributed by atoms with E-state index in [0.717, 1.165) is 141 Å². The minimum absolute atomic E-state index is 0. The van der Waals surface area contributed by atoms with E-state index in [1.165, 1.54) is 119 Å². The number of benzene rings is 8. The molecule has 0 atom stereocenters. The van der Waals surface area contributed by atoms with Gasteiger partial charge in [-0.3, -0.25) is 39.1 Å². The molecule has 0 aliphatic heterocycles. The third-order valence-corrected chi connectivity index (χ3v) is 17.8. The number of aromatic nitrogens is 4. The summed E-state index contributed by atoms with van der Waals surface area (Å²) >= 11 is 0. The van der Waals surface area contributed by atoms with Crippen LogP contribution in [0.15, 0.2) is 205 Å². The van der Waals surface area contributed by atoms with Crippen molar-refractivity contribution in [2.75, 3.05) is 35.5 Å². The standard InChI is InChI=1S/C24H28NO.C20H20NO.C19H18NO2.C19H18NO.4C5H8O2.4Ir/c1-23(2,3)18-10-8-9-16(13-18)22-20(24(4,5)6)15-17-14-19(26-7)11-12-21(17)25-22;1-5-15-11-16-12-17(22-4)7-9-19(16)21-20(15)18-8-6-13(2)10-14(18)3;1-12-7-15(11-17(8-12)22-4)19-13(2)9-14-10-16(21-3)5-6-18(14)20-19;1-4-14-11-16-12-17(21-3)8-9-18(16)20-19(14)15-7-5-6-13(2)10-15;4*1-4(6)3-5(2)7;;;;/h8,10-15H,1-7H3;6-7,9-12H,5H2,1-4H3;5-6,8-11H,1-4H3;5-6,8-12H,4H2,1-3H3;4*3,6H,1-2H3;;;;/q4*-1;;;;;;;;. The molecule has 4 N–H and O–H groups in total. The number of pyridine rings is 4. The number of carbonyl (C=O) groups excluding carboxylic acids is 4. The molecule has 17 nitrogen and oxygen atoms in total. The molecule has 0 spiro atoms. The van der Waals surface area contributed by atoms with E-state index in [1.807, 2.05) is 104 Å². The fraction of sp³-hybridized carbons (Fsp3) is 0.294. The van der Waals surface area contributed by atoms with Crippen molar-refractivity contribution in [3.63, 3.8) is 0 Å². The number of aliphatic hydroxyl groups is 4. The van der Waals surface area contributed by atoms with Crippen LogP contribution in [0, 0.1) is 58.9 Å². The van der Waals surface area contributed by atoms with E-state index in [-0.39, 0.29) is 137 Å². The minimum atomic E-state index is -0.125. The molecule has 0 bridgehead atoms. The van der Waals surface area contributed by atoms with E-state index in [1.54, 1.807) is 35.5 Å². The molecule has 123 heavy (non-hydrogen) atoms. The Hall–Kier alpha value is -10.2. The summed E-state index contributed by atoms with van der Waals surface area (Å²) < 4.78 is 26.6. The second-order valence-corrected chi connectivity index (χ2v) is 30.7. The average molecular weight is 2370 g/mol. The Morgan fingerprint density at radius 3 is 1.09 bits per heavy atom. The molecule has 0 unspecified atom stereocenters. The number of methoxy groups -OCH3 is 5. The van der Waals surface area contributed by atoms with Gasteiger partial charge in [0.2, 0.25) is 0 Å². The Bertz CT molecular complexity index is 5560. The second kappa shape index (κ2) is 53.1. The predicted octanol–water partition coefficient (Wildman–Crippen LogP) is 24.3. The van der Waals surface area contributed by atoms with Crippen LogP contribution in [0.25, 0.3) is 88.6 Å². The fourth-order valence-corrected chi connectivity index (χ4v) is 12.3. The van der Waals surface area contributed by atoms with Crippen molar-refractivity contribution < 1.29 is 144 Å². The Balaban J connectivity index is 0.000000736. The van der Waals surface area contributed by atoms with Gasteiger partial charge in [0.25, 0.3) is 0 Å². The molecule has 0 amide bonds. The number of hydrogen-bond donors (Lipinski definition) is 4. The van der Waals surface area contributed by atoms with Gasteiger partial charge in [-0.1, -0.05) is 136 Å². The van der Waals surface area contributed by atoms with Gasteiger partial charge in [0.15, 0.2) is 23.1 Å². The average Bonchev–Trinajstić information content (AvgIpc) is 0.769. The van der Waals surface area contributed by atoms with Crippen LogP contribution in [0.5, 0.6) is 28.7 Å². The number of fused-ring (bicyclic) bond motifs is 4. The molecule has 8 aromatic carbocycles. The summed E-state index contributed by atoms with van der Waals surface area (Å²) in [6.07, 6.45) is 6.55. The number of aryl methyl sites for hydroxylation is 7. The number of ether oxygens (including phenoxy) is 5. The van der Waals surface area contributed by atoms with Gasteiger partial charge in [0.05, 0.1) is 80.7 Å². The van der Waals surface area contributed by atoms with E-state index < -0.39 is 0 Å². The minimum Gasteiger partial charge on any atom is -0.516 e. The first-order valence-electron chi connectivity index (χ1n) is 39.0. The number of carbonyl (C=O) groups is 4. The van der Waals surface area contributed by atoms with Crippen molar-refractivity contribution in [2.24, 2.45) is 0 Å². The molecule has 4 radical (unpaired) electrons. The third kappa shape index (κ3) is 36.3. The summed E-state index contributed by atoms with van der Waals surface area (Å²) in [7, 11) is 8.41. The van der Waals surface area contributed by atoms with Crippen LogP contribution < -0.4 is 23.7 Å². The zero-order chi connectivity index (χ0) is 88.8. The van der Waals surface area contributed by atoms with E-state index in [0.29, 0.717) is 0 Å². The van der Waals surface area contributed by atoms with Gasteiger partial charge in [0.1, 0.15) is 23.0 Å². The van der Waals surface area contributed by atoms with Crippen LogP contribution >= 0.6 is 0 Å². The Kier molecular flexibility index (Phi) is 47.9. The van der Waals surface area contributed by atoms with Gasteiger partial charge in [-0.25, -0.2) is 0 Å². The van der Waals surface area contributed by atoms with Gasteiger partial charge in [0, 0.05) is 132 Å². The first kappa shape index (κ1) is 111. The molecule has 4 aromatic heterocycles. The van der Waals surface area contributed by atoms with Crippen molar-refractivity contribution in [3.8, 4) is 73.8 Å². The molecule has 4 heterocycles. The van der Waals surface area contributed by atoms with E-state index >= 15 is 0 Å². The topological polar surface area (TPSA) is 247 Å². The van der Waals surface area contributed by atoms with Gasteiger partial charge in [-0.05, 0) is 182 Å². The molecule has 0 saturated carbocycles. The maximum atomic E-state index is 10.0. The number of ketones is 4. The van der Waals surface area contributed by atoms with Crippen molar-refractivity contribution in [1.29, 1.82) is 0 Å². The number of nitrogens with zero attached hydrogens (tertiary/aromatic N) is 4. The largest absolute Gasteiger partial charge is 0.516 e. The van der Waals surface area contributed by atoms with Gasteiger partial charge >= 0.3 is 0 Å². The van der Waals surface area contributed by atoms with Crippen LogP contribution in [0.1, 0.15) is 161 Å². The molecule has 12 aromatic rings. The zero-order valence-corrected chi connectivity index (χ0v) is 84.9.